The van der Waals surface area contributed by atoms with Gasteiger partial charge in [0.1, 0.15) is 11.6 Å². The van der Waals surface area contributed by atoms with Crippen molar-refractivity contribution in [2.75, 3.05) is 32.1 Å². The van der Waals surface area contributed by atoms with Crippen molar-refractivity contribution in [3.05, 3.63) is 52.1 Å². The first-order valence-electron chi connectivity index (χ1n) is 9.42. The van der Waals surface area contributed by atoms with E-state index in [1.54, 1.807) is 11.9 Å². The Labute approximate surface area is 171 Å². The number of hydrogen-bond donors (Lipinski definition) is 0. The van der Waals surface area contributed by atoms with Crippen LogP contribution in [-0.4, -0.2) is 53.6 Å². The molecule has 1 saturated heterocycles. The van der Waals surface area contributed by atoms with E-state index in [1.165, 1.54) is 48.2 Å². The molecule has 162 valence electrons. The number of pyridine rings is 2. The van der Waals surface area contributed by atoms with Crippen molar-refractivity contribution in [1.82, 2.24) is 14.5 Å². The number of amides is 1. The topological polar surface area (TPSA) is 67.7 Å². The van der Waals surface area contributed by atoms with Crippen LogP contribution in [0.5, 0.6) is 5.75 Å². The molecule has 1 atom stereocenters. The first kappa shape index (κ1) is 21.7. The van der Waals surface area contributed by atoms with Crippen LogP contribution in [0.2, 0.25) is 0 Å². The SMILES string of the molecule is COc1cc(=O)n(C)cc1C(=O)N1CCCC(N(C)c2ncccc2C(F)(F)F)C1. The van der Waals surface area contributed by atoms with E-state index in [4.69, 9.17) is 4.74 Å². The predicted octanol–water partition coefficient (Wildman–Crippen LogP) is 2.55. The Balaban J connectivity index is 1.85. The molecule has 3 rings (SSSR count). The van der Waals surface area contributed by atoms with Gasteiger partial charge in [-0.05, 0) is 25.0 Å². The number of ether oxygens (including phenoxy) is 1. The normalized spacial score (nSPS) is 17.0. The fourth-order valence-corrected chi connectivity index (χ4v) is 3.64. The molecule has 0 aliphatic carbocycles. The number of carbonyl (C=O) groups is 1. The number of carbonyl (C=O) groups excluding carboxylic acids is 1. The van der Waals surface area contributed by atoms with Crippen molar-refractivity contribution < 1.29 is 22.7 Å². The van der Waals surface area contributed by atoms with E-state index in [2.05, 4.69) is 4.98 Å². The summed E-state index contributed by atoms with van der Waals surface area (Å²) in [5, 5.41) is 0. The van der Waals surface area contributed by atoms with Gasteiger partial charge in [-0.25, -0.2) is 4.98 Å². The van der Waals surface area contributed by atoms with E-state index in [9.17, 15) is 22.8 Å². The van der Waals surface area contributed by atoms with Crippen molar-refractivity contribution in [1.29, 1.82) is 0 Å². The summed E-state index contributed by atoms with van der Waals surface area (Å²) >= 11 is 0. The molecule has 0 spiro atoms. The number of rotatable bonds is 4. The van der Waals surface area contributed by atoms with Gasteiger partial charge in [0.05, 0.1) is 18.2 Å². The number of aromatic nitrogens is 2. The fraction of sp³-hybridized carbons (Fsp3) is 0.450. The summed E-state index contributed by atoms with van der Waals surface area (Å²) < 4.78 is 46.6. The second kappa shape index (κ2) is 8.37. The molecule has 0 N–H and O–H groups in total. The molecule has 0 saturated carbocycles. The van der Waals surface area contributed by atoms with Crippen molar-refractivity contribution >= 4 is 11.7 Å². The number of likely N-dealkylation sites (tertiary alicyclic amines) is 1. The highest BCUT2D eigenvalue weighted by Crippen LogP contribution is 2.36. The Morgan fingerprint density at radius 2 is 2.10 bits per heavy atom. The highest BCUT2D eigenvalue weighted by atomic mass is 19.4. The zero-order valence-electron chi connectivity index (χ0n) is 16.9. The van der Waals surface area contributed by atoms with Gasteiger partial charge in [-0.15, -0.1) is 0 Å². The lowest BCUT2D eigenvalue weighted by molar-refractivity contribution is -0.137. The average molecular weight is 424 g/mol. The summed E-state index contributed by atoms with van der Waals surface area (Å²) in [4.78, 5) is 31.9. The summed E-state index contributed by atoms with van der Waals surface area (Å²) in [7, 11) is 4.46. The monoisotopic (exact) mass is 424 g/mol. The van der Waals surface area contributed by atoms with Crippen molar-refractivity contribution in [2.24, 2.45) is 7.05 Å². The van der Waals surface area contributed by atoms with Gasteiger partial charge in [-0.3, -0.25) is 9.59 Å². The smallest absolute Gasteiger partial charge is 0.419 e. The van der Waals surface area contributed by atoms with E-state index in [1.807, 2.05) is 0 Å². The van der Waals surface area contributed by atoms with Crippen LogP contribution < -0.4 is 15.2 Å². The van der Waals surface area contributed by atoms with Gasteiger partial charge in [0.25, 0.3) is 11.5 Å². The molecule has 0 radical (unpaired) electrons. The minimum absolute atomic E-state index is 0.163. The molecule has 2 aromatic rings. The second-order valence-corrected chi connectivity index (χ2v) is 7.24. The van der Waals surface area contributed by atoms with Gasteiger partial charge in [0, 0.05) is 51.7 Å². The molecular formula is C20H23F3N4O3. The number of methoxy groups -OCH3 is 1. The van der Waals surface area contributed by atoms with E-state index in [0.29, 0.717) is 19.4 Å². The minimum atomic E-state index is -4.52. The molecule has 0 bridgehead atoms. The maximum atomic E-state index is 13.4. The van der Waals surface area contributed by atoms with E-state index < -0.39 is 11.7 Å². The molecule has 30 heavy (non-hydrogen) atoms. The maximum absolute atomic E-state index is 13.4. The zero-order valence-corrected chi connectivity index (χ0v) is 16.9. The number of alkyl halides is 3. The van der Waals surface area contributed by atoms with Crippen LogP contribution >= 0.6 is 0 Å². The maximum Gasteiger partial charge on any atom is 0.419 e. The van der Waals surface area contributed by atoms with Crippen LogP contribution in [0, 0.1) is 0 Å². The lowest BCUT2D eigenvalue weighted by Gasteiger charge is -2.39. The van der Waals surface area contributed by atoms with Crippen LogP contribution in [0.3, 0.4) is 0 Å². The zero-order chi connectivity index (χ0) is 22.1. The van der Waals surface area contributed by atoms with Gasteiger partial charge in [0.15, 0.2) is 0 Å². The van der Waals surface area contributed by atoms with Crippen molar-refractivity contribution in [3.8, 4) is 5.75 Å². The molecule has 1 aliphatic heterocycles. The summed E-state index contributed by atoms with van der Waals surface area (Å²) in [6.45, 7) is 0.693. The van der Waals surface area contributed by atoms with Gasteiger partial charge >= 0.3 is 6.18 Å². The summed E-state index contributed by atoms with van der Waals surface area (Å²) in [6.07, 6.45) is -0.536. The second-order valence-electron chi connectivity index (χ2n) is 7.24. The van der Waals surface area contributed by atoms with E-state index in [0.717, 1.165) is 6.07 Å². The molecule has 0 aromatic carbocycles. The third kappa shape index (κ3) is 4.27. The van der Waals surface area contributed by atoms with E-state index >= 15 is 0 Å². The molecule has 3 heterocycles. The Hall–Kier alpha value is -3.04. The fourth-order valence-electron chi connectivity index (χ4n) is 3.64. The van der Waals surface area contributed by atoms with Crippen molar-refractivity contribution in [2.45, 2.75) is 25.1 Å². The minimum Gasteiger partial charge on any atom is -0.496 e. The summed E-state index contributed by atoms with van der Waals surface area (Å²) in [5.74, 6) is -0.329. The number of piperidine rings is 1. The van der Waals surface area contributed by atoms with Crippen LogP contribution in [0.25, 0.3) is 0 Å². The lowest BCUT2D eigenvalue weighted by Crippen LogP contribution is -2.49. The molecule has 2 aromatic heterocycles. The molecule has 1 aliphatic rings. The number of aryl methyl sites for hydroxylation is 1. The number of likely N-dealkylation sites (N-methyl/N-ethyl adjacent to an activating group) is 1. The Bertz CT molecular complexity index is 990. The van der Waals surface area contributed by atoms with Crippen LogP contribution in [0.15, 0.2) is 35.4 Å². The Morgan fingerprint density at radius 1 is 1.37 bits per heavy atom. The average Bonchev–Trinajstić information content (AvgIpc) is 2.73. The number of nitrogens with zero attached hydrogens (tertiary/aromatic N) is 4. The first-order chi connectivity index (χ1) is 14.1. The molecular weight excluding hydrogens is 401 g/mol. The highest BCUT2D eigenvalue weighted by Gasteiger charge is 2.37. The molecule has 1 fully saturated rings. The summed E-state index contributed by atoms with van der Waals surface area (Å²) in [5.41, 5.74) is -0.887. The highest BCUT2D eigenvalue weighted by molar-refractivity contribution is 5.96. The van der Waals surface area contributed by atoms with Crippen molar-refractivity contribution in [3.63, 3.8) is 0 Å². The summed E-state index contributed by atoms with van der Waals surface area (Å²) in [6, 6.07) is 3.16. The first-order valence-corrected chi connectivity index (χ1v) is 9.42. The predicted molar refractivity (Wildman–Crippen MR) is 105 cm³/mol. The Kier molecular flexibility index (Phi) is 6.04. The van der Waals surface area contributed by atoms with Gasteiger partial charge < -0.3 is 19.1 Å². The molecule has 10 heteroatoms. The number of halogens is 3. The van der Waals surface area contributed by atoms with Crippen LogP contribution in [0.4, 0.5) is 19.0 Å². The quantitative estimate of drug-likeness (QED) is 0.755. The van der Waals surface area contributed by atoms with Gasteiger partial charge in [-0.1, -0.05) is 0 Å². The number of anilines is 1. The third-order valence-corrected chi connectivity index (χ3v) is 5.30. The number of hydrogen-bond acceptors (Lipinski definition) is 5. The third-order valence-electron chi connectivity index (χ3n) is 5.30. The van der Waals surface area contributed by atoms with Crippen LogP contribution in [0.1, 0.15) is 28.8 Å². The molecule has 7 nitrogen and oxygen atoms in total. The molecule has 1 unspecified atom stereocenters. The largest absolute Gasteiger partial charge is 0.496 e. The lowest BCUT2D eigenvalue weighted by atomic mass is 10.0. The van der Waals surface area contributed by atoms with Gasteiger partial charge in [-0.2, -0.15) is 13.2 Å². The van der Waals surface area contributed by atoms with Gasteiger partial charge in [0.2, 0.25) is 0 Å². The molecule has 1 amide bonds. The van der Waals surface area contributed by atoms with Crippen LogP contribution in [-0.2, 0) is 13.2 Å². The van der Waals surface area contributed by atoms with E-state index in [-0.39, 0.29) is 41.2 Å². The Morgan fingerprint density at radius 3 is 2.77 bits per heavy atom. The standard InChI is InChI=1S/C20H23F3N4O3/c1-25-12-14(16(30-3)10-17(25)28)19(29)27-9-5-6-13(11-27)26(2)18-15(20(21,22)23)7-4-8-24-18/h4,7-8,10,12-13H,5-6,9,11H2,1-3H3.